The van der Waals surface area contributed by atoms with Crippen LogP contribution in [0.2, 0.25) is 0 Å². The van der Waals surface area contributed by atoms with Gasteiger partial charge in [0, 0.05) is 9.13 Å². The minimum absolute atomic E-state index is 0.853. The van der Waals surface area contributed by atoms with Crippen molar-refractivity contribution >= 4 is 22.6 Å². The Morgan fingerprint density at radius 1 is 0.600 bits per heavy atom. The van der Waals surface area contributed by atoms with Crippen molar-refractivity contribution < 1.29 is 4.74 Å². The Kier molecular flexibility index (Phi) is 4.02. The molecule has 98 valence electrons. The van der Waals surface area contributed by atoms with Gasteiger partial charge in [0.15, 0.2) is 0 Å². The van der Waals surface area contributed by atoms with Gasteiger partial charge in [-0.1, -0.05) is 54.6 Å². The van der Waals surface area contributed by atoms with Crippen LogP contribution in [0.3, 0.4) is 0 Å². The average molecular weight is 372 g/mol. The monoisotopic (exact) mass is 372 g/mol. The third kappa shape index (κ3) is 2.85. The molecule has 0 aliphatic carbocycles. The van der Waals surface area contributed by atoms with Gasteiger partial charge in [-0.05, 0) is 52.4 Å². The molecule has 0 N–H and O–H groups in total. The Balaban J connectivity index is 2.03. The maximum absolute atomic E-state index is 6.02. The molecule has 0 aliphatic heterocycles. The van der Waals surface area contributed by atoms with Crippen molar-refractivity contribution in [2.24, 2.45) is 0 Å². The molecule has 3 aromatic rings. The normalized spacial score (nSPS) is 10.2. The number of hydrogen-bond acceptors (Lipinski definition) is 1. The summed E-state index contributed by atoms with van der Waals surface area (Å²) >= 11 is 2.36. The van der Waals surface area contributed by atoms with E-state index >= 15 is 0 Å². The molecule has 0 saturated heterocycles. The summed E-state index contributed by atoms with van der Waals surface area (Å²) in [6.07, 6.45) is 0. The second-order valence-corrected chi connectivity index (χ2v) is 5.55. The molecule has 0 fully saturated rings. The molecule has 0 spiro atoms. The van der Waals surface area contributed by atoms with E-state index in [-0.39, 0.29) is 0 Å². The number of benzene rings is 3. The second-order valence-electron chi connectivity index (χ2n) is 4.39. The van der Waals surface area contributed by atoms with Crippen LogP contribution in [0, 0.1) is 3.57 Å². The van der Waals surface area contributed by atoms with Crippen LogP contribution in [-0.2, 0) is 0 Å². The Bertz CT molecular complexity index is 707. The molecule has 20 heavy (non-hydrogen) atoms. The highest BCUT2D eigenvalue weighted by Gasteiger charge is 2.09. The third-order valence-corrected chi connectivity index (χ3v) is 3.96. The molecule has 0 heterocycles. The van der Waals surface area contributed by atoms with Crippen molar-refractivity contribution in [3.05, 3.63) is 82.4 Å². The van der Waals surface area contributed by atoms with Crippen LogP contribution >= 0.6 is 22.6 Å². The van der Waals surface area contributed by atoms with Crippen LogP contribution < -0.4 is 4.74 Å². The fourth-order valence-electron chi connectivity index (χ4n) is 2.07. The number of rotatable bonds is 3. The number of para-hydroxylation sites is 2. The van der Waals surface area contributed by atoms with Gasteiger partial charge >= 0.3 is 0 Å². The molecular weight excluding hydrogens is 359 g/mol. The van der Waals surface area contributed by atoms with E-state index in [1.165, 1.54) is 9.13 Å². The summed E-state index contributed by atoms with van der Waals surface area (Å²) in [4.78, 5) is 0. The van der Waals surface area contributed by atoms with Crippen LogP contribution in [0.25, 0.3) is 11.1 Å². The Labute approximate surface area is 132 Å². The smallest absolute Gasteiger partial charge is 0.135 e. The Hall–Kier alpha value is -1.81. The van der Waals surface area contributed by atoms with Crippen LogP contribution in [0.1, 0.15) is 0 Å². The predicted molar refractivity (Wildman–Crippen MR) is 91.1 cm³/mol. The van der Waals surface area contributed by atoms with Crippen LogP contribution in [-0.4, -0.2) is 0 Å². The van der Waals surface area contributed by atoms with Gasteiger partial charge < -0.3 is 4.74 Å². The molecule has 0 radical (unpaired) electrons. The maximum Gasteiger partial charge on any atom is 0.135 e. The van der Waals surface area contributed by atoms with Gasteiger partial charge in [0.05, 0.1) is 0 Å². The van der Waals surface area contributed by atoms with Gasteiger partial charge in [-0.15, -0.1) is 0 Å². The summed E-state index contributed by atoms with van der Waals surface area (Å²) < 4.78 is 7.23. The SMILES string of the molecule is Ic1ccccc1-c1ccccc1Oc1ccccc1. The minimum atomic E-state index is 0.853. The lowest BCUT2D eigenvalue weighted by Gasteiger charge is -2.12. The standard InChI is InChI=1S/C18H13IO/c19-17-12-6-4-10-15(17)16-11-5-7-13-18(16)20-14-8-2-1-3-9-14/h1-13H. The molecule has 1 nitrogen and oxygen atoms in total. The van der Waals surface area contributed by atoms with Gasteiger partial charge in [0.1, 0.15) is 11.5 Å². The summed E-state index contributed by atoms with van der Waals surface area (Å²) in [5.41, 5.74) is 2.31. The van der Waals surface area contributed by atoms with Crippen molar-refractivity contribution in [1.82, 2.24) is 0 Å². The first-order valence-electron chi connectivity index (χ1n) is 6.41. The predicted octanol–water partition coefficient (Wildman–Crippen LogP) is 5.75. The third-order valence-electron chi connectivity index (χ3n) is 3.02. The lowest BCUT2D eigenvalue weighted by atomic mass is 10.0. The van der Waals surface area contributed by atoms with Gasteiger partial charge in [0.25, 0.3) is 0 Å². The summed E-state index contributed by atoms with van der Waals surface area (Å²) in [6.45, 7) is 0. The Morgan fingerprint density at radius 2 is 1.20 bits per heavy atom. The van der Waals surface area contributed by atoms with Gasteiger partial charge in [-0.25, -0.2) is 0 Å². The average Bonchev–Trinajstić information content (AvgIpc) is 2.50. The van der Waals surface area contributed by atoms with E-state index in [1.807, 2.05) is 54.6 Å². The first-order valence-corrected chi connectivity index (χ1v) is 7.49. The molecule has 3 aromatic carbocycles. The molecule has 0 aromatic heterocycles. The highest BCUT2D eigenvalue weighted by Crippen LogP contribution is 2.35. The highest BCUT2D eigenvalue weighted by atomic mass is 127. The summed E-state index contributed by atoms with van der Waals surface area (Å²) in [5.74, 6) is 1.73. The van der Waals surface area contributed by atoms with Gasteiger partial charge in [0.2, 0.25) is 0 Å². The van der Waals surface area contributed by atoms with Crippen molar-refractivity contribution in [3.8, 4) is 22.6 Å². The van der Waals surface area contributed by atoms with Crippen LogP contribution in [0.5, 0.6) is 11.5 Å². The molecule has 0 saturated carbocycles. The first kappa shape index (κ1) is 13.2. The minimum Gasteiger partial charge on any atom is -0.457 e. The summed E-state index contributed by atoms with van der Waals surface area (Å²) in [5, 5.41) is 0. The van der Waals surface area contributed by atoms with E-state index in [2.05, 4.69) is 46.9 Å². The van der Waals surface area contributed by atoms with Crippen molar-refractivity contribution in [1.29, 1.82) is 0 Å². The van der Waals surface area contributed by atoms with E-state index in [9.17, 15) is 0 Å². The van der Waals surface area contributed by atoms with Gasteiger partial charge in [-0.3, -0.25) is 0 Å². The highest BCUT2D eigenvalue weighted by molar-refractivity contribution is 14.1. The van der Waals surface area contributed by atoms with E-state index in [0.29, 0.717) is 0 Å². The van der Waals surface area contributed by atoms with Crippen LogP contribution in [0.15, 0.2) is 78.9 Å². The largest absolute Gasteiger partial charge is 0.457 e. The maximum atomic E-state index is 6.02. The van der Waals surface area contributed by atoms with E-state index in [4.69, 9.17) is 4.74 Å². The molecule has 0 unspecified atom stereocenters. The molecule has 0 aliphatic rings. The first-order chi connectivity index (χ1) is 9.84. The molecule has 2 heteroatoms. The lowest BCUT2D eigenvalue weighted by Crippen LogP contribution is -1.89. The van der Waals surface area contributed by atoms with Crippen LogP contribution in [0.4, 0.5) is 0 Å². The van der Waals surface area contributed by atoms with Crippen molar-refractivity contribution in [2.45, 2.75) is 0 Å². The van der Waals surface area contributed by atoms with E-state index in [1.54, 1.807) is 0 Å². The zero-order chi connectivity index (χ0) is 13.8. The molecule has 0 atom stereocenters. The van der Waals surface area contributed by atoms with Crippen molar-refractivity contribution in [3.63, 3.8) is 0 Å². The summed E-state index contributed by atoms with van der Waals surface area (Å²) in [7, 11) is 0. The fourth-order valence-corrected chi connectivity index (χ4v) is 2.75. The number of hydrogen-bond donors (Lipinski definition) is 0. The molecule has 3 rings (SSSR count). The van der Waals surface area contributed by atoms with Gasteiger partial charge in [-0.2, -0.15) is 0 Å². The number of halogens is 1. The topological polar surface area (TPSA) is 9.23 Å². The zero-order valence-corrected chi connectivity index (χ0v) is 12.9. The van der Waals surface area contributed by atoms with E-state index in [0.717, 1.165) is 17.1 Å². The molecule has 0 bridgehead atoms. The van der Waals surface area contributed by atoms with E-state index < -0.39 is 0 Å². The fraction of sp³-hybridized carbons (Fsp3) is 0. The summed E-state index contributed by atoms with van der Waals surface area (Å²) in [6, 6.07) is 26.3. The lowest BCUT2D eigenvalue weighted by molar-refractivity contribution is 0.484. The van der Waals surface area contributed by atoms with Crippen molar-refractivity contribution in [2.75, 3.05) is 0 Å². The number of ether oxygens (including phenoxy) is 1. The quantitative estimate of drug-likeness (QED) is 0.532. The zero-order valence-electron chi connectivity index (χ0n) is 10.8. The second kappa shape index (κ2) is 6.09. The molecular formula is C18H13IO. The Morgan fingerprint density at radius 3 is 1.95 bits per heavy atom. The molecule has 0 amide bonds.